The molecule has 0 saturated carbocycles. The van der Waals surface area contributed by atoms with Gasteiger partial charge in [-0.15, -0.1) is 0 Å². The van der Waals surface area contributed by atoms with E-state index in [4.69, 9.17) is 0 Å². The third kappa shape index (κ3) is 5.68. The summed E-state index contributed by atoms with van der Waals surface area (Å²) in [6.07, 6.45) is 1.30. The maximum Gasteiger partial charge on any atom is 0.221 e. The average molecular weight is 375 g/mol. The van der Waals surface area contributed by atoms with Crippen molar-refractivity contribution in [1.82, 2.24) is 9.62 Å². The van der Waals surface area contributed by atoms with Crippen LogP contribution in [0.25, 0.3) is 0 Å². The largest absolute Gasteiger partial charge is 0.352 e. The van der Waals surface area contributed by atoms with E-state index in [0.717, 1.165) is 16.7 Å². The molecule has 0 radical (unpaired) electrons. The molecule has 0 aliphatic rings. The van der Waals surface area contributed by atoms with Crippen molar-refractivity contribution in [3.05, 3.63) is 71.3 Å². The molecule has 1 unspecified atom stereocenters. The van der Waals surface area contributed by atoms with Crippen molar-refractivity contribution < 1.29 is 13.2 Å². The lowest BCUT2D eigenvalue weighted by molar-refractivity contribution is -0.121. The van der Waals surface area contributed by atoms with Crippen molar-refractivity contribution in [1.29, 1.82) is 0 Å². The number of sulfonamides is 1. The van der Waals surface area contributed by atoms with Crippen molar-refractivity contribution in [2.75, 3.05) is 12.8 Å². The van der Waals surface area contributed by atoms with Gasteiger partial charge in [0, 0.05) is 25.6 Å². The second-order valence-corrected chi connectivity index (χ2v) is 8.35. The van der Waals surface area contributed by atoms with E-state index in [1.54, 1.807) is 0 Å². The van der Waals surface area contributed by atoms with E-state index in [0.29, 0.717) is 6.54 Å². The Bertz CT molecular complexity index is 835. The maximum atomic E-state index is 12.2. The van der Waals surface area contributed by atoms with Crippen molar-refractivity contribution >= 4 is 15.9 Å². The van der Waals surface area contributed by atoms with E-state index in [2.05, 4.69) is 5.32 Å². The standard InChI is InChI=1S/C20H26N2O3S/c1-16-9-7-8-12-19(16)15-21-20(23)13-14-22(26(3,24)25)17(2)18-10-5-4-6-11-18/h4-12,17H,13-15H2,1-3H3,(H,21,23). The van der Waals surface area contributed by atoms with E-state index in [9.17, 15) is 13.2 Å². The molecule has 5 nitrogen and oxygen atoms in total. The van der Waals surface area contributed by atoms with Gasteiger partial charge in [0.2, 0.25) is 15.9 Å². The molecule has 1 atom stereocenters. The predicted molar refractivity (Wildman–Crippen MR) is 104 cm³/mol. The number of nitrogens with one attached hydrogen (secondary N) is 1. The van der Waals surface area contributed by atoms with Gasteiger partial charge in [-0.05, 0) is 30.5 Å². The summed E-state index contributed by atoms with van der Waals surface area (Å²) in [5, 5.41) is 2.86. The van der Waals surface area contributed by atoms with Crippen LogP contribution in [0.2, 0.25) is 0 Å². The first kappa shape index (κ1) is 20.1. The molecular weight excluding hydrogens is 348 g/mol. The topological polar surface area (TPSA) is 66.5 Å². The number of benzene rings is 2. The fourth-order valence-electron chi connectivity index (χ4n) is 2.85. The van der Waals surface area contributed by atoms with Gasteiger partial charge in [-0.2, -0.15) is 4.31 Å². The highest BCUT2D eigenvalue weighted by molar-refractivity contribution is 7.88. The third-order valence-electron chi connectivity index (χ3n) is 4.44. The highest BCUT2D eigenvalue weighted by atomic mass is 32.2. The monoisotopic (exact) mass is 374 g/mol. The van der Waals surface area contributed by atoms with Crippen LogP contribution in [-0.4, -0.2) is 31.4 Å². The third-order valence-corrected chi connectivity index (χ3v) is 5.79. The zero-order chi connectivity index (χ0) is 19.2. The first-order valence-electron chi connectivity index (χ1n) is 8.62. The van der Waals surface area contributed by atoms with Crippen molar-refractivity contribution in [3.8, 4) is 0 Å². The molecule has 0 heterocycles. The fourth-order valence-corrected chi connectivity index (χ4v) is 3.97. The highest BCUT2D eigenvalue weighted by Crippen LogP contribution is 2.22. The van der Waals surface area contributed by atoms with E-state index in [1.165, 1.54) is 10.6 Å². The Hall–Kier alpha value is -2.18. The number of nitrogens with zero attached hydrogens (tertiary/aromatic N) is 1. The molecule has 2 rings (SSSR count). The van der Waals surface area contributed by atoms with E-state index in [-0.39, 0.29) is 24.9 Å². The van der Waals surface area contributed by atoms with Gasteiger partial charge in [0.15, 0.2) is 0 Å². The summed E-state index contributed by atoms with van der Waals surface area (Å²) in [7, 11) is -3.43. The molecule has 0 aromatic heterocycles. The van der Waals surface area contributed by atoms with Crippen LogP contribution < -0.4 is 5.32 Å². The molecule has 0 bridgehead atoms. The molecule has 2 aromatic rings. The number of aryl methyl sites for hydroxylation is 1. The zero-order valence-corrected chi connectivity index (χ0v) is 16.3. The minimum atomic E-state index is -3.43. The summed E-state index contributed by atoms with van der Waals surface area (Å²) in [6, 6.07) is 16.9. The summed E-state index contributed by atoms with van der Waals surface area (Å²) in [5.74, 6) is -0.165. The lowest BCUT2D eigenvalue weighted by Gasteiger charge is -2.27. The number of hydrogen-bond acceptors (Lipinski definition) is 3. The minimum absolute atomic E-state index is 0.121. The van der Waals surface area contributed by atoms with Gasteiger partial charge in [-0.25, -0.2) is 8.42 Å². The van der Waals surface area contributed by atoms with Crippen LogP contribution in [0.1, 0.15) is 36.1 Å². The Morgan fingerprint density at radius 1 is 1.08 bits per heavy atom. The lowest BCUT2D eigenvalue weighted by Crippen LogP contribution is -2.36. The number of carbonyl (C=O) groups is 1. The van der Waals surface area contributed by atoms with Gasteiger partial charge in [0.1, 0.15) is 0 Å². The molecule has 1 N–H and O–H groups in total. The lowest BCUT2D eigenvalue weighted by atomic mass is 10.1. The molecule has 0 aliphatic heterocycles. The fraction of sp³-hybridized carbons (Fsp3) is 0.350. The number of hydrogen-bond donors (Lipinski definition) is 1. The van der Waals surface area contributed by atoms with Gasteiger partial charge in [-0.1, -0.05) is 54.6 Å². The SMILES string of the molecule is Cc1ccccc1CNC(=O)CCN(C(C)c1ccccc1)S(C)(=O)=O. The molecular formula is C20H26N2O3S. The average Bonchev–Trinajstić information content (AvgIpc) is 2.60. The Kier molecular flexibility index (Phi) is 6.94. The molecule has 26 heavy (non-hydrogen) atoms. The highest BCUT2D eigenvalue weighted by Gasteiger charge is 2.24. The van der Waals surface area contributed by atoms with Gasteiger partial charge in [0.05, 0.1) is 6.26 Å². The number of rotatable bonds is 8. The van der Waals surface area contributed by atoms with Crippen LogP contribution in [0.15, 0.2) is 54.6 Å². The summed E-state index contributed by atoms with van der Waals surface area (Å²) >= 11 is 0. The summed E-state index contributed by atoms with van der Waals surface area (Å²) in [6.45, 7) is 4.42. The second kappa shape index (κ2) is 8.96. The zero-order valence-electron chi connectivity index (χ0n) is 15.5. The molecule has 140 valence electrons. The number of amides is 1. The van der Waals surface area contributed by atoms with Gasteiger partial charge < -0.3 is 5.32 Å². The van der Waals surface area contributed by atoms with Crippen LogP contribution in [0, 0.1) is 6.92 Å². The Labute approximate surface area is 156 Å². The Morgan fingerprint density at radius 3 is 2.31 bits per heavy atom. The van der Waals surface area contributed by atoms with Crippen LogP contribution >= 0.6 is 0 Å². The molecule has 2 aromatic carbocycles. The first-order chi connectivity index (χ1) is 12.3. The van der Waals surface area contributed by atoms with Crippen LogP contribution in [0.4, 0.5) is 0 Å². The quantitative estimate of drug-likeness (QED) is 0.772. The minimum Gasteiger partial charge on any atom is -0.352 e. The molecule has 0 spiro atoms. The Morgan fingerprint density at radius 2 is 1.69 bits per heavy atom. The molecule has 1 amide bonds. The smallest absolute Gasteiger partial charge is 0.221 e. The van der Waals surface area contributed by atoms with E-state index in [1.807, 2.05) is 68.4 Å². The summed E-state index contributed by atoms with van der Waals surface area (Å²) in [5.41, 5.74) is 3.07. The normalized spacial score (nSPS) is 12.8. The van der Waals surface area contributed by atoms with Gasteiger partial charge >= 0.3 is 0 Å². The van der Waals surface area contributed by atoms with Crippen LogP contribution in [-0.2, 0) is 21.4 Å². The van der Waals surface area contributed by atoms with Crippen LogP contribution in [0.3, 0.4) is 0 Å². The van der Waals surface area contributed by atoms with E-state index < -0.39 is 10.0 Å². The first-order valence-corrected chi connectivity index (χ1v) is 10.5. The number of carbonyl (C=O) groups excluding carboxylic acids is 1. The summed E-state index contributed by atoms with van der Waals surface area (Å²) in [4.78, 5) is 12.2. The second-order valence-electron chi connectivity index (χ2n) is 6.41. The molecule has 6 heteroatoms. The predicted octanol–water partition coefficient (Wildman–Crippen LogP) is 3.02. The maximum absolute atomic E-state index is 12.2. The van der Waals surface area contributed by atoms with Crippen molar-refractivity contribution in [2.24, 2.45) is 0 Å². The van der Waals surface area contributed by atoms with Gasteiger partial charge in [0.25, 0.3) is 0 Å². The molecule has 0 saturated heterocycles. The van der Waals surface area contributed by atoms with Crippen LogP contribution in [0.5, 0.6) is 0 Å². The molecule has 0 fully saturated rings. The van der Waals surface area contributed by atoms with Crippen molar-refractivity contribution in [2.45, 2.75) is 32.9 Å². The van der Waals surface area contributed by atoms with E-state index >= 15 is 0 Å². The summed E-state index contributed by atoms with van der Waals surface area (Å²) < 4.78 is 25.7. The Balaban J connectivity index is 1.97. The van der Waals surface area contributed by atoms with Crippen molar-refractivity contribution in [3.63, 3.8) is 0 Å². The molecule has 0 aliphatic carbocycles. The van der Waals surface area contributed by atoms with Gasteiger partial charge in [-0.3, -0.25) is 4.79 Å².